The third kappa shape index (κ3) is 2.80. The molecule has 1 aromatic carbocycles. The van der Waals surface area contributed by atoms with E-state index in [2.05, 4.69) is 0 Å². The molecule has 1 heterocycles. The van der Waals surface area contributed by atoms with Crippen molar-refractivity contribution in [2.75, 3.05) is 0 Å². The van der Waals surface area contributed by atoms with Gasteiger partial charge < -0.3 is 0 Å². The minimum absolute atomic E-state index is 0.0702. The predicted octanol–water partition coefficient (Wildman–Crippen LogP) is 6.77. The van der Waals surface area contributed by atoms with Crippen LogP contribution in [0.25, 0.3) is 16.0 Å². The first kappa shape index (κ1) is 20.6. The average molecular weight is 418 g/mol. The molecule has 8 heteroatoms. The molecule has 0 saturated heterocycles. The maximum atomic E-state index is 14.6. The van der Waals surface area contributed by atoms with Gasteiger partial charge >= 0.3 is 17.8 Å². The van der Waals surface area contributed by atoms with Gasteiger partial charge in [-0.15, -0.1) is 11.3 Å². The minimum atomic E-state index is -5.69. The Bertz CT molecular complexity index is 943. The van der Waals surface area contributed by atoms with Crippen LogP contribution in [0.3, 0.4) is 0 Å². The smallest absolute Gasteiger partial charge is 0.294 e. The number of carbonyl (C=O) groups excluding carboxylic acids is 1. The molecule has 0 amide bonds. The standard InChI is InChI=1S/C20H16F6OS/c1-3-7-14(27)17-16(18(21,22)20(25,26)19(17,23)24)13-10-15(28-11(13)2)12-8-5-4-6-9-12/h4-6,8-10H,3,7H2,1-2H3. The summed E-state index contributed by atoms with van der Waals surface area (Å²) in [6.07, 6.45) is -0.448. The van der Waals surface area contributed by atoms with Crippen molar-refractivity contribution >= 4 is 22.7 Å². The number of halogens is 6. The maximum Gasteiger partial charge on any atom is 0.380 e. The third-order valence-electron chi connectivity index (χ3n) is 4.67. The van der Waals surface area contributed by atoms with Gasteiger partial charge in [-0.2, -0.15) is 26.3 Å². The molecule has 0 unspecified atom stereocenters. The summed E-state index contributed by atoms with van der Waals surface area (Å²) in [7, 11) is 0. The van der Waals surface area contributed by atoms with Crippen molar-refractivity contribution in [3.8, 4) is 10.4 Å². The Kier molecular flexibility index (Phi) is 4.98. The number of alkyl halides is 6. The van der Waals surface area contributed by atoms with E-state index >= 15 is 0 Å². The van der Waals surface area contributed by atoms with Crippen molar-refractivity contribution in [3.63, 3.8) is 0 Å². The van der Waals surface area contributed by atoms with Crippen LogP contribution in [0.2, 0.25) is 0 Å². The van der Waals surface area contributed by atoms with Crippen LogP contribution in [-0.2, 0) is 4.79 Å². The van der Waals surface area contributed by atoms with Gasteiger partial charge in [0.15, 0.2) is 5.78 Å². The molecular formula is C20H16F6OS. The van der Waals surface area contributed by atoms with Crippen LogP contribution in [0.15, 0.2) is 42.0 Å². The normalized spacial score (nSPS) is 19.9. The molecule has 0 radical (unpaired) electrons. The predicted molar refractivity (Wildman–Crippen MR) is 96.2 cm³/mol. The summed E-state index contributed by atoms with van der Waals surface area (Å²) in [5, 5.41) is 0. The SMILES string of the molecule is CCCC(=O)C1=C(c2cc(-c3ccccc3)sc2C)C(F)(F)C(F)(F)C1(F)F. The maximum absolute atomic E-state index is 14.6. The molecule has 0 aliphatic heterocycles. The number of hydrogen-bond acceptors (Lipinski definition) is 2. The number of carbonyl (C=O) groups is 1. The number of thiophene rings is 1. The second kappa shape index (κ2) is 6.76. The largest absolute Gasteiger partial charge is 0.380 e. The Morgan fingerprint density at radius 1 is 1.00 bits per heavy atom. The number of Topliss-reactive ketones (excluding diaryl/α,β-unsaturated/α-hetero) is 1. The van der Waals surface area contributed by atoms with Crippen LogP contribution in [-0.4, -0.2) is 23.6 Å². The number of hydrogen-bond donors (Lipinski definition) is 0. The van der Waals surface area contributed by atoms with E-state index in [-0.39, 0.29) is 11.3 Å². The molecule has 0 bridgehead atoms. The molecule has 3 rings (SSSR count). The molecule has 0 saturated carbocycles. The third-order valence-corrected chi connectivity index (χ3v) is 5.77. The van der Waals surface area contributed by atoms with Crippen molar-refractivity contribution < 1.29 is 31.1 Å². The van der Waals surface area contributed by atoms with Crippen LogP contribution in [0, 0.1) is 6.92 Å². The summed E-state index contributed by atoms with van der Waals surface area (Å²) < 4.78 is 86.0. The second-order valence-electron chi connectivity index (χ2n) is 6.59. The number of ketones is 1. The first-order chi connectivity index (χ1) is 13.0. The first-order valence-corrected chi connectivity index (χ1v) is 9.36. The van der Waals surface area contributed by atoms with E-state index in [0.29, 0.717) is 10.4 Å². The Labute approximate surface area is 161 Å². The van der Waals surface area contributed by atoms with E-state index in [0.717, 1.165) is 11.3 Å². The van der Waals surface area contributed by atoms with Crippen LogP contribution in [0.5, 0.6) is 0 Å². The molecule has 1 aromatic heterocycles. The summed E-state index contributed by atoms with van der Waals surface area (Å²) >= 11 is 1.01. The Morgan fingerprint density at radius 2 is 1.61 bits per heavy atom. The van der Waals surface area contributed by atoms with Crippen LogP contribution < -0.4 is 0 Å². The van der Waals surface area contributed by atoms with Gasteiger partial charge in [-0.1, -0.05) is 37.3 Å². The molecule has 2 aromatic rings. The zero-order valence-corrected chi connectivity index (χ0v) is 15.8. The van der Waals surface area contributed by atoms with E-state index in [1.54, 1.807) is 30.3 Å². The fourth-order valence-corrected chi connectivity index (χ4v) is 4.30. The van der Waals surface area contributed by atoms with Gasteiger partial charge in [0, 0.05) is 21.7 Å². The van der Waals surface area contributed by atoms with Crippen LogP contribution in [0.4, 0.5) is 26.3 Å². The van der Waals surface area contributed by atoms with Crippen molar-refractivity contribution in [1.29, 1.82) is 0 Å². The minimum Gasteiger partial charge on any atom is -0.294 e. The quantitative estimate of drug-likeness (QED) is 0.490. The summed E-state index contributed by atoms with van der Waals surface area (Å²) in [5.41, 5.74) is -3.14. The molecule has 1 nitrogen and oxygen atoms in total. The lowest BCUT2D eigenvalue weighted by Gasteiger charge is -2.25. The Morgan fingerprint density at radius 3 is 2.18 bits per heavy atom. The van der Waals surface area contributed by atoms with Gasteiger partial charge in [0.1, 0.15) is 0 Å². The highest BCUT2D eigenvalue weighted by Gasteiger charge is 2.81. The molecule has 1 aliphatic carbocycles. The molecule has 0 fully saturated rings. The van der Waals surface area contributed by atoms with Gasteiger partial charge in [-0.05, 0) is 30.5 Å². The van der Waals surface area contributed by atoms with E-state index in [4.69, 9.17) is 0 Å². The van der Waals surface area contributed by atoms with E-state index < -0.39 is 46.7 Å². The molecule has 0 N–H and O–H groups in total. The number of rotatable bonds is 5. The van der Waals surface area contributed by atoms with E-state index in [1.165, 1.54) is 19.9 Å². The van der Waals surface area contributed by atoms with Crippen LogP contribution >= 0.6 is 11.3 Å². The fraction of sp³-hybridized carbons (Fsp3) is 0.350. The highest BCUT2D eigenvalue weighted by atomic mass is 32.1. The zero-order valence-electron chi connectivity index (χ0n) is 15.0. The fourth-order valence-electron chi connectivity index (χ4n) is 3.27. The van der Waals surface area contributed by atoms with Crippen molar-refractivity contribution in [1.82, 2.24) is 0 Å². The van der Waals surface area contributed by atoms with E-state index in [9.17, 15) is 31.1 Å². The molecule has 28 heavy (non-hydrogen) atoms. The molecule has 0 spiro atoms. The summed E-state index contributed by atoms with van der Waals surface area (Å²) in [6, 6.07) is 9.68. The van der Waals surface area contributed by atoms with Gasteiger partial charge in [0.05, 0.1) is 5.57 Å². The lowest BCUT2D eigenvalue weighted by Crippen LogP contribution is -2.49. The zero-order chi connectivity index (χ0) is 20.9. The van der Waals surface area contributed by atoms with Gasteiger partial charge in [-0.3, -0.25) is 4.79 Å². The lowest BCUT2D eigenvalue weighted by molar-refractivity contribution is -0.259. The topological polar surface area (TPSA) is 17.1 Å². The highest BCUT2D eigenvalue weighted by Crippen LogP contribution is 2.63. The summed E-state index contributed by atoms with van der Waals surface area (Å²) in [4.78, 5) is 12.8. The average Bonchev–Trinajstić information content (AvgIpc) is 3.04. The summed E-state index contributed by atoms with van der Waals surface area (Å²) in [6.45, 7) is 2.86. The summed E-state index contributed by atoms with van der Waals surface area (Å²) in [5.74, 6) is -17.5. The molecule has 0 atom stereocenters. The first-order valence-electron chi connectivity index (χ1n) is 8.54. The lowest BCUT2D eigenvalue weighted by atomic mass is 9.95. The molecule has 150 valence electrons. The Hall–Kier alpha value is -2.09. The number of benzene rings is 1. The molecule has 1 aliphatic rings. The van der Waals surface area contributed by atoms with Crippen molar-refractivity contribution in [2.45, 2.75) is 44.5 Å². The number of aryl methyl sites for hydroxylation is 1. The highest BCUT2D eigenvalue weighted by molar-refractivity contribution is 7.15. The monoisotopic (exact) mass is 418 g/mol. The van der Waals surface area contributed by atoms with Crippen molar-refractivity contribution in [3.05, 3.63) is 52.4 Å². The van der Waals surface area contributed by atoms with Gasteiger partial charge in [0.2, 0.25) is 0 Å². The van der Waals surface area contributed by atoms with E-state index in [1.807, 2.05) is 0 Å². The van der Waals surface area contributed by atoms with Crippen molar-refractivity contribution in [2.24, 2.45) is 0 Å². The Balaban J connectivity index is 2.28. The van der Waals surface area contributed by atoms with Crippen LogP contribution in [0.1, 0.15) is 30.2 Å². The van der Waals surface area contributed by atoms with Gasteiger partial charge in [0.25, 0.3) is 0 Å². The second-order valence-corrected chi connectivity index (χ2v) is 7.85. The van der Waals surface area contributed by atoms with Gasteiger partial charge in [-0.25, -0.2) is 0 Å². The molecular weight excluding hydrogens is 402 g/mol. The number of allylic oxidation sites excluding steroid dienone is 2.